The van der Waals surface area contributed by atoms with Crippen LogP contribution in [0.15, 0.2) is 97.1 Å². The molecule has 6 aromatic carbocycles. The number of hydrogen-bond acceptors (Lipinski definition) is 2. The Morgan fingerprint density at radius 1 is 0.440 bits per heavy atom. The average molecular weight is 649 g/mol. The summed E-state index contributed by atoms with van der Waals surface area (Å²) >= 11 is 0. The van der Waals surface area contributed by atoms with Crippen LogP contribution in [-0.4, -0.2) is 6.71 Å². The van der Waals surface area contributed by atoms with Gasteiger partial charge in [-0.25, -0.2) is 0 Å². The molecule has 2 aliphatic heterocycles. The molecule has 0 atom stereocenters. The molecule has 0 spiro atoms. The Labute approximate surface area is 298 Å². The van der Waals surface area contributed by atoms with Crippen molar-refractivity contribution in [3.05, 3.63) is 147 Å². The van der Waals surface area contributed by atoms with Crippen molar-refractivity contribution in [1.29, 1.82) is 0 Å². The van der Waals surface area contributed by atoms with Gasteiger partial charge in [0.25, 0.3) is 6.71 Å². The van der Waals surface area contributed by atoms with Gasteiger partial charge >= 0.3 is 0 Å². The van der Waals surface area contributed by atoms with Crippen LogP contribution >= 0.6 is 0 Å². The van der Waals surface area contributed by atoms with Crippen molar-refractivity contribution in [1.82, 2.24) is 0 Å². The molecular weight excluding hydrogens is 603 g/mol. The maximum atomic E-state index is 2.65. The highest BCUT2D eigenvalue weighted by Crippen LogP contribution is 2.48. The Kier molecular flexibility index (Phi) is 7.14. The summed E-state index contributed by atoms with van der Waals surface area (Å²) < 4.78 is 0. The normalized spacial score (nSPS) is 14.3. The first-order chi connectivity index (χ1) is 24.2. The van der Waals surface area contributed by atoms with E-state index in [0.717, 1.165) is 12.8 Å². The summed E-state index contributed by atoms with van der Waals surface area (Å²) in [5.74, 6) is 0. The molecular formula is C47H45BN2. The predicted octanol–water partition coefficient (Wildman–Crippen LogP) is 10.5. The lowest BCUT2D eigenvalue weighted by molar-refractivity contribution is 0.686. The summed E-state index contributed by atoms with van der Waals surface area (Å²) in [5, 5.41) is 0. The molecule has 0 N–H and O–H groups in total. The summed E-state index contributed by atoms with van der Waals surface area (Å²) in [6.07, 6.45) is 4.86. The molecule has 50 heavy (non-hydrogen) atoms. The van der Waals surface area contributed by atoms with Crippen LogP contribution in [0.5, 0.6) is 0 Å². The Hall–Kier alpha value is -5.02. The van der Waals surface area contributed by atoms with E-state index in [9.17, 15) is 0 Å². The van der Waals surface area contributed by atoms with Crippen LogP contribution in [0.2, 0.25) is 0 Å². The molecule has 2 nitrogen and oxygen atoms in total. The van der Waals surface area contributed by atoms with Crippen molar-refractivity contribution < 1.29 is 0 Å². The van der Waals surface area contributed by atoms with Gasteiger partial charge in [0, 0.05) is 22.7 Å². The predicted molar refractivity (Wildman–Crippen MR) is 216 cm³/mol. The second kappa shape index (κ2) is 11.5. The largest absolute Gasteiger partial charge is 0.311 e. The van der Waals surface area contributed by atoms with Crippen LogP contribution < -0.4 is 26.2 Å². The summed E-state index contributed by atoms with van der Waals surface area (Å²) in [6.45, 7) is 16.0. The first kappa shape index (κ1) is 31.0. The number of hydrogen-bond donors (Lipinski definition) is 0. The fourth-order valence-corrected chi connectivity index (χ4v) is 9.71. The van der Waals surface area contributed by atoms with Crippen LogP contribution in [-0.2, 0) is 12.8 Å². The fraction of sp³-hybridized carbons (Fsp3) is 0.234. The van der Waals surface area contributed by atoms with Crippen LogP contribution in [0.4, 0.5) is 34.1 Å². The third-order valence-electron chi connectivity index (χ3n) is 11.5. The molecule has 1 aliphatic carbocycles. The SMILES string of the molecule is Cc1cc(C)c(N2c3ccc(-c4ccccc4)cc3B3c4cc5c(cc4N(c4c(C)cc(C)cc4C)c4cc(C)cc2c43)CCCC5)c(C)c1. The first-order valence-electron chi connectivity index (χ1n) is 18.4. The topological polar surface area (TPSA) is 6.48 Å². The van der Waals surface area contributed by atoms with Gasteiger partial charge in [0.05, 0.1) is 11.4 Å². The fourth-order valence-electron chi connectivity index (χ4n) is 9.71. The molecule has 3 heteroatoms. The van der Waals surface area contributed by atoms with Crippen molar-refractivity contribution >= 4 is 57.2 Å². The first-order valence-corrected chi connectivity index (χ1v) is 18.4. The molecule has 0 saturated heterocycles. The quantitative estimate of drug-likeness (QED) is 0.176. The molecule has 0 radical (unpaired) electrons. The van der Waals surface area contributed by atoms with E-state index < -0.39 is 0 Å². The molecule has 3 aliphatic rings. The third kappa shape index (κ3) is 4.70. The molecule has 0 saturated carbocycles. The standard InChI is InChI=1S/C47H45BN2/c1-28-19-31(4)46(32(5)20-28)49-41-18-17-38(35-13-9-8-10-14-35)26-39(41)48-40-25-36-15-11-12-16-37(36)27-42(40)50(44-24-30(3)23-43(49)45(44)48)47-33(6)21-29(2)22-34(47)7/h8-10,13-14,17-27H,11-12,15-16H2,1-7H3. The minimum absolute atomic E-state index is 0.117. The second-order valence-electron chi connectivity index (χ2n) is 15.3. The van der Waals surface area contributed by atoms with Gasteiger partial charge in [-0.15, -0.1) is 0 Å². The van der Waals surface area contributed by atoms with Crippen molar-refractivity contribution in [2.75, 3.05) is 9.80 Å². The third-order valence-corrected chi connectivity index (χ3v) is 11.5. The van der Waals surface area contributed by atoms with E-state index in [1.54, 1.807) is 0 Å². The molecule has 0 bridgehead atoms. The molecule has 0 aromatic heterocycles. The number of rotatable bonds is 3. The van der Waals surface area contributed by atoms with Gasteiger partial charge in [0.2, 0.25) is 0 Å². The summed E-state index contributed by atoms with van der Waals surface area (Å²) in [6, 6.07) is 37.7. The van der Waals surface area contributed by atoms with Crippen LogP contribution in [0, 0.1) is 48.5 Å². The summed E-state index contributed by atoms with van der Waals surface area (Å²) in [5.41, 5.74) is 26.8. The second-order valence-corrected chi connectivity index (χ2v) is 15.3. The molecule has 0 unspecified atom stereocenters. The number of anilines is 6. The molecule has 9 rings (SSSR count). The Bertz CT molecular complexity index is 2320. The minimum atomic E-state index is 0.117. The number of nitrogens with zero attached hydrogens (tertiary/aromatic N) is 2. The molecule has 6 aromatic rings. The van der Waals surface area contributed by atoms with E-state index in [2.05, 4.69) is 155 Å². The van der Waals surface area contributed by atoms with E-state index in [0.29, 0.717) is 0 Å². The lowest BCUT2D eigenvalue weighted by Crippen LogP contribution is -2.61. The number of fused-ring (bicyclic) bond motifs is 5. The molecule has 246 valence electrons. The van der Waals surface area contributed by atoms with Gasteiger partial charge in [0.15, 0.2) is 0 Å². The highest BCUT2D eigenvalue weighted by Gasteiger charge is 2.44. The Balaban J connectivity index is 1.42. The molecule has 2 heterocycles. The van der Waals surface area contributed by atoms with Crippen molar-refractivity contribution in [3.63, 3.8) is 0 Å². The number of benzene rings is 6. The monoisotopic (exact) mass is 648 g/mol. The highest BCUT2D eigenvalue weighted by atomic mass is 15.2. The van der Waals surface area contributed by atoms with Gasteiger partial charge in [0.1, 0.15) is 0 Å². The maximum Gasteiger partial charge on any atom is 0.252 e. The van der Waals surface area contributed by atoms with Crippen LogP contribution in [0.25, 0.3) is 11.1 Å². The van der Waals surface area contributed by atoms with Crippen LogP contribution in [0.1, 0.15) is 62.9 Å². The zero-order chi connectivity index (χ0) is 34.4. The highest BCUT2D eigenvalue weighted by molar-refractivity contribution is 7.00. The van der Waals surface area contributed by atoms with Crippen LogP contribution in [0.3, 0.4) is 0 Å². The zero-order valence-electron chi connectivity index (χ0n) is 30.5. The lowest BCUT2D eigenvalue weighted by Gasteiger charge is -2.46. The van der Waals surface area contributed by atoms with E-state index in [-0.39, 0.29) is 6.71 Å². The average Bonchev–Trinajstić information content (AvgIpc) is 3.08. The summed E-state index contributed by atoms with van der Waals surface area (Å²) in [4.78, 5) is 5.25. The van der Waals surface area contributed by atoms with E-state index >= 15 is 0 Å². The van der Waals surface area contributed by atoms with Gasteiger partial charge in [-0.2, -0.15) is 0 Å². The van der Waals surface area contributed by atoms with E-state index in [1.807, 2.05) is 0 Å². The van der Waals surface area contributed by atoms with Gasteiger partial charge in [-0.05, 0) is 165 Å². The Morgan fingerprint density at radius 2 is 0.940 bits per heavy atom. The van der Waals surface area contributed by atoms with Gasteiger partial charge in [-0.3, -0.25) is 0 Å². The molecule has 0 amide bonds. The minimum Gasteiger partial charge on any atom is -0.311 e. The van der Waals surface area contributed by atoms with E-state index in [1.165, 1.54) is 125 Å². The Morgan fingerprint density at radius 3 is 1.52 bits per heavy atom. The smallest absolute Gasteiger partial charge is 0.252 e. The molecule has 0 fully saturated rings. The van der Waals surface area contributed by atoms with E-state index in [4.69, 9.17) is 0 Å². The number of aryl methyl sites for hydroxylation is 9. The van der Waals surface area contributed by atoms with Crippen molar-refractivity contribution in [2.45, 2.75) is 74.1 Å². The van der Waals surface area contributed by atoms with Crippen molar-refractivity contribution in [2.24, 2.45) is 0 Å². The van der Waals surface area contributed by atoms with Gasteiger partial charge < -0.3 is 9.80 Å². The van der Waals surface area contributed by atoms with Gasteiger partial charge in [-0.1, -0.05) is 83.9 Å². The lowest BCUT2D eigenvalue weighted by atomic mass is 9.33. The zero-order valence-corrected chi connectivity index (χ0v) is 30.5. The maximum absolute atomic E-state index is 2.65. The summed E-state index contributed by atoms with van der Waals surface area (Å²) in [7, 11) is 0. The van der Waals surface area contributed by atoms with Crippen molar-refractivity contribution in [3.8, 4) is 11.1 Å².